The van der Waals surface area contributed by atoms with Gasteiger partial charge in [0.15, 0.2) is 0 Å². The molecule has 1 aliphatic carbocycles. The second kappa shape index (κ2) is 4.36. The number of hydrogen-bond donors (Lipinski definition) is 0. The van der Waals surface area contributed by atoms with Crippen molar-refractivity contribution in [2.45, 2.75) is 31.0 Å². The van der Waals surface area contributed by atoms with Crippen LogP contribution < -0.4 is 5.19 Å². The molecule has 0 unspecified atom stereocenters. The fourth-order valence-corrected chi connectivity index (χ4v) is 6.56. The van der Waals surface area contributed by atoms with Gasteiger partial charge < -0.3 is 0 Å². The summed E-state index contributed by atoms with van der Waals surface area (Å²) < 4.78 is 0. The van der Waals surface area contributed by atoms with Gasteiger partial charge in [0, 0.05) is 12.4 Å². The first-order valence-corrected chi connectivity index (χ1v) is 9.73. The van der Waals surface area contributed by atoms with E-state index in [0.29, 0.717) is 0 Å². The molecule has 0 bridgehead atoms. The maximum absolute atomic E-state index is 4.25. The molecule has 0 aliphatic heterocycles. The molecular weight excluding hydrogens is 234 g/mol. The highest BCUT2D eigenvalue weighted by Crippen LogP contribution is 2.57. The molecule has 1 nitrogen and oxygen atoms in total. The molecule has 1 aromatic heterocycles. The van der Waals surface area contributed by atoms with E-state index in [1.165, 1.54) is 12.0 Å². The normalized spacial score (nSPS) is 22.8. The monoisotopic (exact) mass is 253 g/mol. The molecule has 3 rings (SSSR count). The first kappa shape index (κ1) is 11.7. The Bertz CT molecular complexity index is 521. The summed E-state index contributed by atoms with van der Waals surface area (Å²) in [5, 5.41) is 1.58. The zero-order chi connectivity index (χ0) is 12.6. The van der Waals surface area contributed by atoms with Gasteiger partial charge in [-0.05, 0) is 29.5 Å². The summed E-state index contributed by atoms with van der Waals surface area (Å²) in [4.78, 5) is 4.25. The summed E-state index contributed by atoms with van der Waals surface area (Å²) in [7, 11) is -1.32. The molecule has 0 saturated heterocycles. The standard InChI is InChI=1S/C16H19NSi/c1-18(2,14-8-4-3-5-9-14)16-11-15(16)13-7-6-10-17-12-13/h3-10,12,15-16H,11H2,1-2H3/t15-,16+/m1/s1. The van der Waals surface area contributed by atoms with Crippen molar-refractivity contribution >= 4 is 13.3 Å². The van der Waals surface area contributed by atoms with E-state index in [1.54, 1.807) is 5.19 Å². The number of rotatable bonds is 3. The molecule has 0 amide bonds. The van der Waals surface area contributed by atoms with Crippen LogP contribution in [0.4, 0.5) is 0 Å². The quantitative estimate of drug-likeness (QED) is 0.762. The van der Waals surface area contributed by atoms with Gasteiger partial charge in [-0.1, -0.05) is 54.7 Å². The zero-order valence-corrected chi connectivity index (χ0v) is 12.0. The lowest BCUT2D eigenvalue weighted by Crippen LogP contribution is -2.42. The van der Waals surface area contributed by atoms with E-state index in [0.717, 1.165) is 11.5 Å². The lowest BCUT2D eigenvalue weighted by molar-refractivity contribution is 1.08. The highest BCUT2D eigenvalue weighted by Gasteiger charge is 2.50. The largest absolute Gasteiger partial charge is 0.264 e. The highest BCUT2D eigenvalue weighted by atomic mass is 28.3. The predicted octanol–water partition coefficient (Wildman–Crippen LogP) is 3.55. The van der Waals surface area contributed by atoms with Gasteiger partial charge in [-0.2, -0.15) is 0 Å². The zero-order valence-electron chi connectivity index (χ0n) is 11.0. The van der Waals surface area contributed by atoms with Gasteiger partial charge in [0.2, 0.25) is 0 Å². The molecular formula is C16H19NSi. The number of pyridine rings is 1. The predicted molar refractivity (Wildman–Crippen MR) is 78.9 cm³/mol. The van der Waals surface area contributed by atoms with E-state index in [9.17, 15) is 0 Å². The molecule has 1 aromatic carbocycles. The van der Waals surface area contributed by atoms with Crippen molar-refractivity contribution < 1.29 is 0 Å². The Morgan fingerprint density at radius 3 is 2.50 bits per heavy atom. The van der Waals surface area contributed by atoms with Crippen LogP contribution in [0.25, 0.3) is 0 Å². The summed E-state index contributed by atoms with van der Waals surface area (Å²) in [5.74, 6) is 0.751. The Labute approximate surface area is 110 Å². The molecule has 18 heavy (non-hydrogen) atoms. The van der Waals surface area contributed by atoms with Gasteiger partial charge in [-0.3, -0.25) is 4.98 Å². The van der Waals surface area contributed by atoms with E-state index in [-0.39, 0.29) is 0 Å². The first-order chi connectivity index (χ1) is 8.69. The van der Waals surface area contributed by atoms with Crippen molar-refractivity contribution in [2.24, 2.45) is 0 Å². The molecule has 2 heteroatoms. The van der Waals surface area contributed by atoms with Gasteiger partial charge in [0.05, 0.1) is 8.07 Å². The Hall–Kier alpha value is -1.41. The van der Waals surface area contributed by atoms with Crippen LogP contribution in [0.3, 0.4) is 0 Å². The van der Waals surface area contributed by atoms with Gasteiger partial charge in [-0.15, -0.1) is 0 Å². The average molecular weight is 253 g/mol. The third-order valence-electron chi connectivity index (χ3n) is 4.35. The fourth-order valence-electron chi connectivity index (χ4n) is 3.04. The molecule has 0 spiro atoms. The van der Waals surface area contributed by atoms with Crippen LogP contribution in [0.5, 0.6) is 0 Å². The second-order valence-corrected chi connectivity index (χ2v) is 10.6. The van der Waals surface area contributed by atoms with Gasteiger partial charge >= 0.3 is 0 Å². The second-order valence-electron chi connectivity index (χ2n) is 5.82. The van der Waals surface area contributed by atoms with Crippen LogP contribution in [0.15, 0.2) is 54.9 Å². The third-order valence-corrected chi connectivity index (χ3v) is 8.66. The lowest BCUT2D eigenvalue weighted by Gasteiger charge is -2.23. The van der Waals surface area contributed by atoms with Crippen LogP contribution in [0.1, 0.15) is 17.9 Å². The lowest BCUT2D eigenvalue weighted by atomic mass is 10.2. The Balaban J connectivity index is 1.82. The first-order valence-electron chi connectivity index (χ1n) is 6.65. The van der Waals surface area contributed by atoms with Crippen molar-refractivity contribution in [2.75, 3.05) is 0 Å². The number of hydrogen-bond acceptors (Lipinski definition) is 1. The number of benzene rings is 1. The minimum Gasteiger partial charge on any atom is -0.264 e. The number of nitrogens with zero attached hydrogens (tertiary/aromatic N) is 1. The van der Waals surface area contributed by atoms with Crippen molar-refractivity contribution in [3.05, 3.63) is 60.4 Å². The summed E-state index contributed by atoms with van der Waals surface area (Å²) in [5.41, 5.74) is 2.31. The van der Waals surface area contributed by atoms with Crippen LogP contribution in [0, 0.1) is 0 Å². The molecule has 1 aliphatic rings. The smallest absolute Gasteiger partial charge is 0.0843 e. The van der Waals surface area contributed by atoms with Crippen LogP contribution in [-0.4, -0.2) is 13.1 Å². The Morgan fingerprint density at radius 2 is 1.83 bits per heavy atom. The Kier molecular flexibility index (Phi) is 2.82. The molecule has 1 saturated carbocycles. The van der Waals surface area contributed by atoms with Crippen LogP contribution in [0.2, 0.25) is 18.6 Å². The van der Waals surface area contributed by atoms with E-state index >= 15 is 0 Å². The SMILES string of the molecule is C[Si](C)(c1ccccc1)[C@H]1C[C@@H]1c1cccnc1. The summed E-state index contributed by atoms with van der Waals surface area (Å²) in [6.07, 6.45) is 5.25. The molecule has 2 atom stereocenters. The minimum absolute atomic E-state index is 0.751. The van der Waals surface area contributed by atoms with E-state index in [4.69, 9.17) is 0 Å². The van der Waals surface area contributed by atoms with Crippen LogP contribution in [-0.2, 0) is 0 Å². The van der Waals surface area contributed by atoms with Crippen molar-refractivity contribution in [3.8, 4) is 0 Å². The number of aromatic nitrogens is 1. The molecule has 0 N–H and O–H groups in total. The maximum atomic E-state index is 4.25. The maximum Gasteiger partial charge on any atom is 0.0843 e. The molecule has 1 heterocycles. The van der Waals surface area contributed by atoms with Gasteiger partial charge in [-0.25, -0.2) is 0 Å². The highest BCUT2D eigenvalue weighted by molar-refractivity contribution is 6.91. The van der Waals surface area contributed by atoms with Gasteiger partial charge in [0.1, 0.15) is 0 Å². The van der Waals surface area contributed by atoms with Crippen LogP contribution >= 0.6 is 0 Å². The van der Waals surface area contributed by atoms with Crippen molar-refractivity contribution in [1.82, 2.24) is 4.98 Å². The van der Waals surface area contributed by atoms with Crippen molar-refractivity contribution in [1.29, 1.82) is 0 Å². The minimum atomic E-state index is -1.32. The summed E-state index contributed by atoms with van der Waals surface area (Å²) >= 11 is 0. The van der Waals surface area contributed by atoms with Crippen molar-refractivity contribution in [3.63, 3.8) is 0 Å². The topological polar surface area (TPSA) is 12.9 Å². The molecule has 1 fully saturated rings. The Morgan fingerprint density at radius 1 is 1.06 bits per heavy atom. The van der Waals surface area contributed by atoms with E-state index < -0.39 is 8.07 Å². The summed E-state index contributed by atoms with van der Waals surface area (Å²) in [6, 6.07) is 15.4. The fraction of sp³-hybridized carbons (Fsp3) is 0.312. The van der Waals surface area contributed by atoms with E-state index in [1.807, 2.05) is 12.4 Å². The average Bonchev–Trinajstić information content (AvgIpc) is 3.22. The summed E-state index contributed by atoms with van der Waals surface area (Å²) in [6.45, 7) is 5.01. The molecule has 2 aromatic rings. The molecule has 0 radical (unpaired) electrons. The molecule has 92 valence electrons. The third kappa shape index (κ3) is 2.01. The van der Waals surface area contributed by atoms with E-state index in [2.05, 4.69) is 60.5 Å². The van der Waals surface area contributed by atoms with Gasteiger partial charge in [0.25, 0.3) is 0 Å².